The van der Waals surface area contributed by atoms with Gasteiger partial charge in [-0.15, -0.1) is 0 Å². The molecule has 2 aromatic carbocycles. The zero-order valence-electron chi connectivity index (χ0n) is 18.7. The van der Waals surface area contributed by atoms with E-state index in [1.807, 2.05) is 29.7 Å². The van der Waals surface area contributed by atoms with E-state index < -0.39 is 37.0 Å². The molecule has 0 aliphatic carbocycles. The molecule has 0 unspecified atom stereocenters. The smallest absolute Gasteiger partial charge is 0.288 e. The summed E-state index contributed by atoms with van der Waals surface area (Å²) in [6.07, 6.45) is -3.62. The van der Waals surface area contributed by atoms with Crippen LogP contribution in [0.15, 0.2) is 36.7 Å². The topological polar surface area (TPSA) is 147 Å². The molecule has 1 aromatic heterocycles. The van der Waals surface area contributed by atoms with Crippen molar-refractivity contribution in [1.82, 2.24) is 9.55 Å². The summed E-state index contributed by atoms with van der Waals surface area (Å²) < 4.78 is 18.3. The first-order chi connectivity index (χ1) is 16.3. The summed E-state index contributed by atoms with van der Waals surface area (Å²) in [6, 6.07) is 9.65. The van der Waals surface area contributed by atoms with Crippen molar-refractivity contribution in [2.75, 3.05) is 13.2 Å². The third-order valence-corrected chi connectivity index (χ3v) is 6.46. The van der Waals surface area contributed by atoms with Crippen molar-refractivity contribution in [2.24, 2.45) is 0 Å². The predicted molar refractivity (Wildman–Crippen MR) is 119 cm³/mol. The number of rotatable bonds is 6. The van der Waals surface area contributed by atoms with Crippen LogP contribution in [0.4, 0.5) is 0 Å². The minimum atomic E-state index is -2.67. The first-order valence-corrected chi connectivity index (χ1v) is 11.2. The molecule has 0 bridgehead atoms. The van der Waals surface area contributed by atoms with Gasteiger partial charge in [0.1, 0.15) is 29.2 Å². The zero-order chi connectivity index (χ0) is 24.0. The van der Waals surface area contributed by atoms with E-state index in [4.69, 9.17) is 14.2 Å². The Morgan fingerprint density at radius 3 is 2.82 bits per heavy atom. The van der Waals surface area contributed by atoms with Crippen molar-refractivity contribution >= 4 is 11.0 Å². The number of aliphatic hydroxyl groups excluding tert-OH is 4. The fourth-order valence-corrected chi connectivity index (χ4v) is 4.57. The predicted octanol–water partition coefficient (Wildman–Crippen LogP) is 0.0210. The van der Waals surface area contributed by atoms with Crippen molar-refractivity contribution in [2.45, 2.75) is 56.7 Å². The molecule has 5 atom stereocenters. The molecule has 10 nitrogen and oxygen atoms in total. The van der Waals surface area contributed by atoms with E-state index in [2.05, 4.69) is 11.1 Å². The summed E-state index contributed by atoms with van der Waals surface area (Å²) in [7, 11) is 0. The molecule has 0 radical (unpaired) electrons. The van der Waals surface area contributed by atoms with Gasteiger partial charge in [0.15, 0.2) is 6.10 Å². The lowest BCUT2D eigenvalue weighted by Gasteiger charge is -2.45. The Kier molecular flexibility index (Phi) is 5.96. The third kappa shape index (κ3) is 3.92. The van der Waals surface area contributed by atoms with Crippen LogP contribution >= 0.6 is 0 Å². The molecule has 1 fully saturated rings. The van der Waals surface area contributed by atoms with Crippen LogP contribution in [0.5, 0.6) is 11.5 Å². The van der Waals surface area contributed by atoms with E-state index in [1.54, 1.807) is 12.4 Å². The van der Waals surface area contributed by atoms with Gasteiger partial charge in [-0.1, -0.05) is 12.1 Å². The molecule has 2 aliphatic heterocycles. The molecular formula is C24H28N2O8. The van der Waals surface area contributed by atoms with E-state index in [9.17, 15) is 25.5 Å². The monoisotopic (exact) mass is 472 g/mol. The molecule has 1 saturated heterocycles. The zero-order valence-corrected chi connectivity index (χ0v) is 18.7. The first kappa shape index (κ1) is 23.0. The van der Waals surface area contributed by atoms with Crippen molar-refractivity contribution < 1.29 is 39.7 Å². The van der Waals surface area contributed by atoms with Crippen molar-refractivity contribution in [1.29, 1.82) is 0 Å². The number of aliphatic hydroxyl groups is 5. The van der Waals surface area contributed by atoms with E-state index in [0.717, 1.165) is 23.3 Å². The summed E-state index contributed by atoms with van der Waals surface area (Å²) in [4.78, 5) is 4.45. The van der Waals surface area contributed by atoms with Crippen molar-refractivity contribution in [3.8, 4) is 11.5 Å². The highest BCUT2D eigenvalue weighted by Gasteiger charge is 2.57. The highest BCUT2D eigenvalue weighted by Crippen LogP contribution is 2.36. The molecule has 0 saturated carbocycles. The van der Waals surface area contributed by atoms with Gasteiger partial charge in [-0.25, -0.2) is 4.98 Å². The maximum absolute atomic E-state index is 11.0. The van der Waals surface area contributed by atoms with E-state index in [-0.39, 0.29) is 5.75 Å². The van der Waals surface area contributed by atoms with Gasteiger partial charge in [0.05, 0.1) is 25.1 Å². The number of hydrogen-bond donors (Lipinski definition) is 5. The molecule has 182 valence electrons. The fourth-order valence-electron chi connectivity index (χ4n) is 4.57. The van der Waals surface area contributed by atoms with Gasteiger partial charge in [-0.05, 0) is 48.2 Å². The molecular weight excluding hydrogens is 444 g/mol. The second-order valence-electron chi connectivity index (χ2n) is 8.86. The number of imidazole rings is 1. The lowest BCUT2D eigenvalue weighted by molar-refractivity contribution is -0.385. The Hall–Kier alpha value is -2.73. The fraction of sp³-hybridized carbons (Fsp3) is 0.458. The SMILES string of the molecule is Cc1cc(O[C@@]2(O)[C@H](O)O[C@@H](CO)[C@H](O)[C@H]2O)c2c(c1)ncn2CCc1ccc2c(c1)CCO2. The van der Waals surface area contributed by atoms with Crippen molar-refractivity contribution in [3.05, 3.63) is 53.3 Å². The summed E-state index contributed by atoms with van der Waals surface area (Å²) in [6.45, 7) is 2.43. The summed E-state index contributed by atoms with van der Waals surface area (Å²) >= 11 is 0. The standard InChI is InChI=1S/C24H28N2O8/c1-13-8-16-20(18(9-13)34-24(31)22(29)21(28)19(11-27)33-23(24)30)26(12-25-16)6-4-14-2-3-17-15(10-14)5-7-32-17/h2-3,8-10,12,19,21-23,27-31H,4-7,11H2,1H3/t19-,21-,22+,23+,24+/m0/s1. The highest BCUT2D eigenvalue weighted by atomic mass is 16.7. The second-order valence-corrected chi connectivity index (χ2v) is 8.86. The van der Waals surface area contributed by atoms with Gasteiger partial charge in [0.2, 0.25) is 6.29 Å². The molecule has 10 heteroatoms. The maximum atomic E-state index is 11.0. The Bertz CT molecular complexity index is 1200. The molecule has 0 amide bonds. The quantitative estimate of drug-likeness (QED) is 0.313. The molecule has 34 heavy (non-hydrogen) atoms. The third-order valence-electron chi connectivity index (χ3n) is 6.46. The second kappa shape index (κ2) is 8.81. The maximum Gasteiger partial charge on any atom is 0.288 e. The van der Waals surface area contributed by atoms with Crippen LogP contribution in [0.2, 0.25) is 0 Å². The van der Waals surface area contributed by atoms with Gasteiger partial charge in [-0.2, -0.15) is 0 Å². The van der Waals surface area contributed by atoms with E-state index >= 15 is 0 Å². The average molecular weight is 472 g/mol. The number of aromatic nitrogens is 2. The van der Waals surface area contributed by atoms with Crippen LogP contribution in [-0.2, 0) is 24.1 Å². The number of nitrogens with zero attached hydrogens (tertiary/aromatic N) is 2. The largest absolute Gasteiger partial charge is 0.493 e. The molecule has 3 aromatic rings. The van der Waals surface area contributed by atoms with Crippen LogP contribution in [0.3, 0.4) is 0 Å². The Morgan fingerprint density at radius 1 is 1.21 bits per heavy atom. The van der Waals surface area contributed by atoms with Crippen LogP contribution in [0.1, 0.15) is 16.7 Å². The molecule has 3 heterocycles. The van der Waals surface area contributed by atoms with Crippen LogP contribution < -0.4 is 9.47 Å². The number of benzene rings is 2. The van der Waals surface area contributed by atoms with E-state index in [1.165, 1.54) is 5.56 Å². The number of fused-ring (bicyclic) bond motifs is 2. The molecule has 2 aliphatic rings. The van der Waals surface area contributed by atoms with E-state index in [0.29, 0.717) is 30.6 Å². The molecule has 5 rings (SSSR count). The highest BCUT2D eigenvalue weighted by molar-refractivity contribution is 5.83. The Labute approximate surface area is 195 Å². The van der Waals surface area contributed by atoms with Gasteiger partial charge in [0.25, 0.3) is 5.79 Å². The van der Waals surface area contributed by atoms with Gasteiger partial charge < -0.3 is 44.3 Å². The minimum Gasteiger partial charge on any atom is -0.493 e. The van der Waals surface area contributed by atoms with Crippen LogP contribution in [-0.4, -0.2) is 78.7 Å². The van der Waals surface area contributed by atoms with Crippen LogP contribution in [0.25, 0.3) is 11.0 Å². The molecule has 5 N–H and O–H groups in total. The minimum absolute atomic E-state index is 0.161. The molecule has 0 spiro atoms. The summed E-state index contributed by atoms with van der Waals surface area (Å²) in [5, 5.41) is 51.4. The lowest BCUT2D eigenvalue weighted by Crippen LogP contribution is -2.69. The summed E-state index contributed by atoms with van der Waals surface area (Å²) in [5.74, 6) is -1.58. The average Bonchev–Trinajstić information content (AvgIpc) is 3.45. The first-order valence-electron chi connectivity index (χ1n) is 11.2. The number of ether oxygens (including phenoxy) is 3. The van der Waals surface area contributed by atoms with Crippen molar-refractivity contribution in [3.63, 3.8) is 0 Å². The summed E-state index contributed by atoms with van der Waals surface area (Å²) in [5.41, 5.74) is 4.28. The number of aryl methyl sites for hydroxylation is 3. The Morgan fingerprint density at radius 2 is 2.03 bits per heavy atom. The van der Waals surface area contributed by atoms with Gasteiger partial charge in [-0.3, -0.25) is 0 Å². The van der Waals surface area contributed by atoms with Crippen LogP contribution in [0, 0.1) is 6.92 Å². The van der Waals surface area contributed by atoms with Gasteiger partial charge >= 0.3 is 0 Å². The van der Waals surface area contributed by atoms with Gasteiger partial charge in [0, 0.05) is 13.0 Å². The number of hydrogen-bond acceptors (Lipinski definition) is 9. The lowest BCUT2D eigenvalue weighted by atomic mass is 9.96. The Balaban J connectivity index is 1.44. The normalized spacial score (nSPS) is 28.6.